The van der Waals surface area contributed by atoms with Crippen LogP contribution >= 0.6 is 15.6 Å². The summed E-state index contributed by atoms with van der Waals surface area (Å²) in [5.41, 5.74) is 0. The number of unbranched alkanes of at least 4 members (excludes halogenated alkanes) is 33. The van der Waals surface area contributed by atoms with Crippen LogP contribution in [0.1, 0.15) is 331 Å². The number of phosphoric ester groups is 2. The first-order valence-corrected chi connectivity index (χ1v) is 37.8. The molecular formula is C67H130O17P2. The Labute approximate surface area is 524 Å². The minimum Gasteiger partial charge on any atom is -0.462 e. The van der Waals surface area contributed by atoms with Gasteiger partial charge in [0.25, 0.3) is 0 Å². The highest BCUT2D eigenvalue weighted by atomic mass is 31.2. The Morgan fingerprint density at radius 1 is 0.314 bits per heavy atom. The van der Waals surface area contributed by atoms with Crippen molar-refractivity contribution in [3.63, 3.8) is 0 Å². The summed E-state index contributed by atoms with van der Waals surface area (Å²) in [6.45, 7) is 11.7. The molecule has 0 aromatic rings. The lowest BCUT2D eigenvalue weighted by atomic mass is 10.0. The second-order valence-electron chi connectivity index (χ2n) is 25.6. The van der Waals surface area contributed by atoms with Crippen molar-refractivity contribution in [2.24, 2.45) is 17.8 Å². The molecule has 0 amide bonds. The van der Waals surface area contributed by atoms with Gasteiger partial charge in [-0.3, -0.25) is 37.3 Å². The first-order chi connectivity index (χ1) is 41.2. The molecule has 0 saturated carbocycles. The summed E-state index contributed by atoms with van der Waals surface area (Å²) in [6, 6.07) is 0. The molecule has 2 unspecified atom stereocenters. The van der Waals surface area contributed by atoms with Gasteiger partial charge in [-0.25, -0.2) is 9.13 Å². The number of rotatable bonds is 65. The lowest BCUT2D eigenvalue weighted by Crippen LogP contribution is -2.30. The molecule has 3 N–H and O–H groups in total. The van der Waals surface area contributed by atoms with Crippen LogP contribution in [0.25, 0.3) is 0 Å². The maximum absolute atomic E-state index is 13.0. The van der Waals surface area contributed by atoms with Gasteiger partial charge in [0.05, 0.1) is 26.4 Å². The fourth-order valence-corrected chi connectivity index (χ4v) is 11.6. The van der Waals surface area contributed by atoms with E-state index in [4.69, 9.17) is 37.0 Å². The molecule has 0 aromatic heterocycles. The third kappa shape index (κ3) is 60.9. The molecule has 5 atom stereocenters. The smallest absolute Gasteiger partial charge is 0.462 e. The third-order valence-corrected chi connectivity index (χ3v) is 17.3. The van der Waals surface area contributed by atoms with Crippen molar-refractivity contribution >= 4 is 39.5 Å². The zero-order valence-corrected chi connectivity index (χ0v) is 57.6. The van der Waals surface area contributed by atoms with E-state index in [2.05, 4.69) is 48.5 Å². The second-order valence-corrected chi connectivity index (χ2v) is 28.5. The molecule has 0 aliphatic carbocycles. The maximum Gasteiger partial charge on any atom is 0.472 e. The first-order valence-electron chi connectivity index (χ1n) is 34.8. The van der Waals surface area contributed by atoms with Crippen molar-refractivity contribution in [2.45, 2.75) is 349 Å². The third-order valence-electron chi connectivity index (χ3n) is 15.4. The van der Waals surface area contributed by atoms with Crippen LogP contribution in [0.2, 0.25) is 0 Å². The fraction of sp³-hybridized carbons (Fsp3) is 0.940. The van der Waals surface area contributed by atoms with Crippen LogP contribution in [-0.2, 0) is 65.4 Å². The SMILES string of the molecule is CCCCCCCCCCCC(=O)OC[C@H](COP(=O)(O)OC[C@H](O)COP(=O)(O)OC[C@@H](COC(=O)CCCCCCCCC(C)C)OC(=O)CCCCCCCCCCCCCCCCCCC(C)C)OC(=O)CCCCCCCCC(C)C. The molecule has 0 aromatic carbocycles. The minimum absolute atomic E-state index is 0.102. The Balaban J connectivity index is 5.15. The zero-order valence-electron chi connectivity index (χ0n) is 55.8. The van der Waals surface area contributed by atoms with Gasteiger partial charge in [0.2, 0.25) is 0 Å². The van der Waals surface area contributed by atoms with Crippen molar-refractivity contribution in [1.29, 1.82) is 0 Å². The molecule has 510 valence electrons. The highest BCUT2D eigenvalue weighted by Crippen LogP contribution is 2.45. The Kier molecular flexibility index (Phi) is 56.9. The molecule has 0 spiro atoms. The van der Waals surface area contributed by atoms with Crippen molar-refractivity contribution < 1.29 is 80.2 Å². The summed E-state index contributed by atoms with van der Waals surface area (Å²) >= 11 is 0. The molecule has 0 rings (SSSR count). The molecule has 0 fully saturated rings. The van der Waals surface area contributed by atoms with E-state index in [9.17, 15) is 43.2 Å². The standard InChI is InChI=1S/C67H130O17P2/c1-8-9-10-11-12-21-25-34-41-48-64(69)77-54-63(84-67(72)51-44-37-30-28-33-40-47-60(6)7)57-82-86(75,76)80-53-61(68)52-79-85(73,74)81-56-62(55-78-65(70)49-42-35-29-27-32-39-46-59(4)5)83-66(71)50-43-36-26-23-20-18-16-14-13-15-17-19-22-24-31-38-45-58(2)3/h58-63,68H,8-57H2,1-7H3,(H,73,74)(H,75,76)/t61-,62-,63-/m1/s1. The lowest BCUT2D eigenvalue weighted by molar-refractivity contribution is -0.161. The van der Waals surface area contributed by atoms with Crippen LogP contribution in [0, 0.1) is 17.8 Å². The van der Waals surface area contributed by atoms with Gasteiger partial charge in [-0.2, -0.15) is 0 Å². The predicted octanol–water partition coefficient (Wildman–Crippen LogP) is 18.7. The maximum atomic E-state index is 13.0. The van der Waals surface area contributed by atoms with Crippen LogP contribution in [-0.4, -0.2) is 96.7 Å². The van der Waals surface area contributed by atoms with Crippen molar-refractivity contribution in [3.8, 4) is 0 Å². The molecule has 19 heteroatoms. The highest BCUT2D eigenvalue weighted by molar-refractivity contribution is 7.47. The van der Waals surface area contributed by atoms with E-state index in [-0.39, 0.29) is 25.7 Å². The Bertz CT molecular complexity index is 1700. The minimum atomic E-state index is -4.95. The van der Waals surface area contributed by atoms with Gasteiger partial charge in [-0.15, -0.1) is 0 Å². The van der Waals surface area contributed by atoms with Gasteiger partial charge in [0, 0.05) is 25.7 Å². The molecule has 0 heterocycles. The highest BCUT2D eigenvalue weighted by Gasteiger charge is 2.30. The number of carbonyl (C=O) groups excluding carboxylic acids is 4. The van der Waals surface area contributed by atoms with Gasteiger partial charge < -0.3 is 33.8 Å². The van der Waals surface area contributed by atoms with E-state index in [0.717, 1.165) is 102 Å². The Hall–Kier alpha value is -1.94. The summed E-state index contributed by atoms with van der Waals surface area (Å²) in [4.78, 5) is 72.2. The summed E-state index contributed by atoms with van der Waals surface area (Å²) in [5, 5.41) is 10.5. The molecular weight excluding hydrogens is 1140 g/mol. The average molecular weight is 1270 g/mol. The molecule has 86 heavy (non-hydrogen) atoms. The second kappa shape index (κ2) is 58.2. The van der Waals surface area contributed by atoms with Gasteiger partial charge in [-0.1, -0.05) is 280 Å². The number of phosphoric acid groups is 2. The van der Waals surface area contributed by atoms with Gasteiger partial charge in [0.15, 0.2) is 12.2 Å². The number of aliphatic hydroxyl groups excluding tert-OH is 1. The number of hydrogen-bond acceptors (Lipinski definition) is 15. The van der Waals surface area contributed by atoms with Crippen LogP contribution in [0.5, 0.6) is 0 Å². The zero-order chi connectivity index (χ0) is 63.8. The number of aliphatic hydroxyl groups is 1. The van der Waals surface area contributed by atoms with Crippen LogP contribution < -0.4 is 0 Å². The van der Waals surface area contributed by atoms with E-state index in [1.54, 1.807) is 0 Å². The molecule has 17 nitrogen and oxygen atoms in total. The summed E-state index contributed by atoms with van der Waals surface area (Å²) in [5.74, 6) is 0.0195. The number of esters is 4. The Morgan fingerprint density at radius 2 is 0.535 bits per heavy atom. The first kappa shape index (κ1) is 84.1. The molecule has 0 bridgehead atoms. The quantitative estimate of drug-likeness (QED) is 0.0222. The van der Waals surface area contributed by atoms with E-state index >= 15 is 0 Å². The normalized spacial score (nSPS) is 14.3. The summed E-state index contributed by atoms with van der Waals surface area (Å²) < 4.78 is 68.0. The summed E-state index contributed by atoms with van der Waals surface area (Å²) in [7, 11) is -9.89. The van der Waals surface area contributed by atoms with Crippen molar-refractivity contribution in [2.75, 3.05) is 39.6 Å². The number of ether oxygens (including phenoxy) is 4. The predicted molar refractivity (Wildman–Crippen MR) is 344 cm³/mol. The van der Waals surface area contributed by atoms with E-state index in [0.29, 0.717) is 37.5 Å². The average Bonchev–Trinajstić information content (AvgIpc) is 3.68. The van der Waals surface area contributed by atoms with E-state index in [1.165, 1.54) is 135 Å². The largest absolute Gasteiger partial charge is 0.472 e. The van der Waals surface area contributed by atoms with Crippen LogP contribution in [0.15, 0.2) is 0 Å². The van der Waals surface area contributed by atoms with Gasteiger partial charge in [-0.05, 0) is 43.4 Å². The van der Waals surface area contributed by atoms with Gasteiger partial charge in [0.1, 0.15) is 19.3 Å². The number of carbonyl (C=O) groups is 4. The molecule has 0 saturated heterocycles. The van der Waals surface area contributed by atoms with Crippen molar-refractivity contribution in [3.05, 3.63) is 0 Å². The molecule has 0 aliphatic heterocycles. The summed E-state index contributed by atoms with van der Waals surface area (Å²) in [6.07, 6.45) is 40.7. The number of hydrogen-bond donors (Lipinski definition) is 3. The topological polar surface area (TPSA) is 237 Å². The monoisotopic (exact) mass is 1270 g/mol. The van der Waals surface area contributed by atoms with E-state index < -0.39 is 97.5 Å². The fourth-order valence-electron chi connectivity index (χ4n) is 10.0. The van der Waals surface area contributed by atoms with Crippen LogP contribution in [0.3, 0.4) is 0 Å². The van der Waals surface area contributed by atoms with Crippen LogP contribution in [0.4, 0.5) is 0 Å². The molecule has 0 aliphatic rings. The van der Waals surface area contributed by atoms with E-state index in [1.807, 2.05) is 0 Å². The van der Waals surface area contributed by atoms with Crippen molar-refractivity contribution in [1.82, 2.24) is 0 Å². The lowest BCUT2D eigenvalue weighted by Gasteiger charge is -2.21. The van der Waals surface area contributed by atoms with Gasteiger partial charge >= 0.3 is 39.5 Å². The Morgan fingerprint density at radius 3 is 0.791 bits per heavy atom. The molecule has 0 radical (unpaired) electrons.